The monoisotopic (exact) mass is 350 g/mol. The highest BCUT2D eigenvalue weighted by molar-refractivity contribution is 5.83. The van der Waals surface area contributed by atoms with E-state index in [-0.39, 0.29) is 24.0 Å². The van der Waals surface area contributed by atoms with Gasteiger partial charge >= 0.3 is 5.69 Å². The lowest BCUT2D eigenvalue weighted by Crippen LogP contribution is -2.31. The van der Waals surface area contributed by atoms with E-state index in [0.717, 1.165) is 16.3 Å². The zero-order valence-corrected chi connectivity index (χ0v) is 14.3. The van der Waals surface area contributed by atoms with Crippen LogP contribution in [0.2, 0.25) is 0 Å². The Hall–Kier alpha value is -3.41. The van der Waals surface area contributed by atoms with Crippen LogP contribution in [0, 0.1) is 10.1 Å². The SMILES string of the molecule is CN(Cc1ccc2ccccc2c1)C(=O)COc1ccccc1[N+](=O)[O-]. The molecule has 0 aliphatic heterocycles. The summed E-state index contributed by atoms with van der Waals surface area (Å²) >= 11 is 0. The standard InChI is InChI=1S/C20H18N2O4/c1-21(13-15-10-11-16-6-2-3-7-17(16)12-15)20(23)14-26-19-9-5-4-8-18(19)22(24)25/h2-12H,13-14H2,1H3. The molecule has 6 heteroatoms. The number of amides is 1. The van der Waals surface area contributed by atoms with Crippen LogP contribution in [-0.4, -0.2) is 29.4 Å². The number of nitro benzene ring substituents is 1. The molecule has 0 N–H and O–H groups in total. The second-order valence-electron chi connectivity index (χ2n) is 5.94. The van der Waals surface area contributed by atoms with Crippen LogP contribution in [0.3, 0.4) is 0 Å². The van der Waals surface area contributed by atoms with Crippen molar-refractivity contribution in [3.63, 3.8) is 0 Å². The van der Waals surface area contributed by atoms with Gasteiger partial charge in [-0.15, -0.1) is 0 Å². The first kappa shape index (κ1) is 17.4. The number of nitro groups is 1. The molecule has 6 nitrogen and oxygen atoms in total. The molecule has 0 fully saturated rings. The van der Waals surface area contributed by atoms with E-state index in [2.05, 4.69) is 0 Å². The number of benzene rings is 3. The van der Waals surface area contributed by atoms with Gasteiger partial charge in [0.05, 0.1) is 4.92 Å². The van der Waals surface area contributed by atoms with E-state index >= 15 is 0 Å². The van der Waals surface area contributed by atoms with Gasteiger partial charge in [0, 0.05) is 19.7 Å². The molecule has 26 heavy (non-hydrogen) atoms. The Bertz CT molecular complexity index is 955. The van der Waals surface area contributed by atoms with Crippen LogP contribution in [0.1, 0.15) is 5.56 Å². The van der Waals surface area contributed by atoms with Crippen molar-refractivity contribution in [3.05, 3.63) is 82.4 Å². The maximum absolute atomic E-state index is 12.3. The van der Waals surface area contributed by atoms with E-state index in [9.17, 15) is 14.9 Å². The number of hydrogen-bond donors (Lipinski definition) is 0. The summed E-state index contributed by atoms with van der Waals surface area (Å²) in [4.78, 5) is 24.3. The summed E-state index contributed by atoms with van der Waals surface area (Å²) in [6.45, 7) is 0.179. The van der Waals surface area contributed by atoms with Crippen LogP contribution in [0.15, 0.2) is 66.7 Å². The molecule has 3 aromatic carbocycles. The molecule has 3 rings (SSSR count). The molecule has 3 aromatic rings. The third kappa shape index (κ3) is 3.97. The largest absolute Gasteiger partial charge is 0.477 e. The van der Waals surface area contributed by atoms with Crippen LogP contribution in [0.25, 0.3) is 10.8 Å². The molecule has 0 saturated carbocycles. The summed E-state index contributed by atoms with van der Waals surface area (Å²) in [6, 6.07) is 20.1. The number of fused-ring (bicyclic) bond motifs is 1. The zero-order chi connectivity index (χ0) is 18.5. The highest BCUT2D eigenvalue weighted by Crippen LogP contribution is 2.25. The molecule has 1 amide bonds. The van der Waals surface area contributed by atoms with Crippen molar-refractivity contribution in [2.45, 2.75) is 6.54 Å². The zero-order valence-electron chi connectivity index (χ0n) is 14.3. The van der Waals surface area contributed by atoms with Gasteiger partial charge in [-0.3, -0.25) is 14.9 Å². The minimum Gasteiger partial charge on any atom is -0.477 e. The van der Waals surface area contributed by atoms with E-state index in [1.165, 1.54) is 12.1 Å². The van der Waals surface area contributed by atoms with Gasteiger partial charge in [0.1, 0.15) is 0 Å². The van der Waals surface area contributed by atoms with Gasteiger partial charge in [-0.2, -0.15) is 0 Å². The maximum Gasteiger partial charge on any atom is 0.310 e. The lowest BCUT2D eigenvalue weighted by molar-refractivity contribution is -0.385. The van der Waals surface area contributed by atoms with Gasteiger partial charge in [-0.1, -0.05) is 48.5 Å². The topological polar surface area (TPSA) is 72.7 Å². The van der Waals surface area contributed by atoms with E-state index in [4.69, 9.17) is 4.74 Å². The summed E-state index contributed by atoms with van der Waals surface area (Å²) in [5.41, 5.74) is 0.850. The Morgan fingerprint density at radius 3 is 2.50 bits per heavy atom. The van der Waals surface area contributed by atoms with Gasteiger partial charge in [0.15, 0.2) is 12.4 Å². The van der Waals surface area contributed by atoms with Crippen LogP contribution in [-0.2, 0) is 11.3 Å². The lowest BCUT2D eigenvalue weighted by atomic mass is 10.1. The highest BCUT2D eigenvalue weighted by Gasteiger charge is 2.16. The quantitative estimate of drug-likeness (QED) is 0.501. The van der Waals surface area contributed by atoms with Gasteiger partial charge < -0.3 is 9.64 Å². The molecule has 0 heterocycles. The van der Waals surface area contributed by atoms with Gasteiger partial charge in [-0.05, 0) is 28.5 Å². The minimum atomic E-state index is -0.529. The fraction of sp³-hybridized carbons (Fsp3) is 0.150. The van der Waals surface area contributed by atoms with Crippen molar-refractivity contribution >= 4 is 22.4 Å². The van der Waals surface area contributed by atoms with Crippen molar-refractivity contribution in [1.82, 2.24) is 4.90 Å². The van der Waals surface area contributed by atoms with Crippen LogP contribution in [0.5, 0.6) is 5.75 Å². The Kier molecular flexibility index (Phi) is 5.12. The van der Waals surface area contributed by atoms with Gasteiger partial charge in [0.25, 0.3) is 5.91 Å². The van der Waals surface area contributed by atoms with Crippen molar-refractivity contribution in [1.29, 1.82) is 0 Å². The second kappa shape index (κ2) is 7.65. The summed E-state index contributed by atoms with van der Waals surface area (Å²) in [5.74, 6) is -0.165. The van der Waals surface area contributed by atoms with Crippen LogP contribution in [0.4, 0.5) is 5.69 Å². The minimum absolute atomic E-state index is 0.0879. The van der Waals surface area contributed by atoms with E-state index in [1.54, 1.807) is 24.1 Å². The highest BCUT2D eigenvalue weighted by atomic mass is 16.6. The average Bonchev–Trinajstić information content (AvgIpc) is 2.66. The molecule has 0 saturated heterocycles. The number of carbonyl (C=O) groups is 1. The number of hydrogen-bond acceptors (Lipinski definition) is 4. The molecular weight excluding hydrogens is 332 g/mol. The predicted molar refractivity (Wildman–Crippen MR) is 99.0 cm³/mol. The molecular formula is C20H18N2O4. The number of para-hydroxylation sites is 2. The van der Waals surface area contributed by atoms with E-state index in [1.807, 2.05) is 42.5 Å². The third-order valence-corrected chi connectivity index (χ3v) is 4.07. The van der Waals surface area contributed by atoms with Crippen molar-refractivity contribution in [3.8, 4) is 5.75 Å². The van der Waals surface area contributed by atoms with Crippen LogP contribution < -0.4 is 4.74 Å². The normalized spacial score (nSPS) is 10.5. The summed E-state index contributed by atoms with van der Waals surface area (Å²) < 4.78 is 5.36. The predicted octanol–water partition coefficient (Wildman–Crippen LogP) is 3.79. The lowest BCUT2D eigenvalue weighted by Gasteiger charge is -2.18. The summed E-state index contributed by atoms with van der Waals surface area (Å²) in [7, 11) is 1.68. The third-order valence-electron chi connectivity index (χ3n) is 4.07. The van der Waals surface area contributed by atoms with Gasteiger partial charge in [-0.25, -0.2) is 0 Å². The first-order valence-electron chi connectivity index (χ1n) is 8.12. The van der Waals surface area contributed by atoms with E-state index in [0.29, 0.717) is 6.54 Å². The molecule has 0 atom stereocenters. The first-order chi connectivity index (χ1) is 12.5. The fourth-order valence-corrected chi connectivity index (χ4v) is 2.68. The Balaban J connectivity index is 1.63. The number of likely N-dealkylation sites (N-methyl/N-ethyl adjacent to an activating group) is 1. The Morgan fingerprint density at radius 1 is 1.04 bits per heavy atom. The molecule has 0 aromatic heterocycles. The molecule has 0 unspecified atom stereocenters. The molecule has 0 bridgehead atoms. The summed E-state index contributed by atoms with van der Waals surface area (Å²) in [5, 5.41) is 13.2. The molecule has 0 aliphatic carbocycles. The molecule has 0 spiro atoms. The smallest absolute Gasteiger partial charge is 0.310 e. The molecule has 0 radical (unpaired) electrons. The fourth-order valence-electron chi connectivity index (χ4n) is 2.68. The number of nitrogens with zero attached hydrogens (tertiary/aromatic N) is 2. The second-order valence-corrected chi connectivity index (χ2v) is 5.94. The maximum atomic E-state index is 12.3. The Labute approximate surface area is 150 Å². The number of carbonyl (C=O) groups excluding carboxylic acids is 1. The van der Waals surface area contributed by atoms with Crippen molar-refractivity contribution in [2.24, 2.45) is 0 Å². The Morgan fingerprint density at radius 2 is 1.73 bits per heavy atom. The molecule has 0 aliphatic rings. The van der Waals surface area contributed by atoms with Crippen molar-refractivity contribution in [2.75, 3.05) is 13.7 Å². The first-order valence-corrected chi connectivity index (χ1v) is 8.12. The van der Waals surface area contributed by atoms with Crippen molar-refractivity contribution < 1.29 is 14.5 Å². The number of ether oxygens (including phenoxy) is 1. The molecule has 132 valence electrons. The summed E-state index contributed by atoms with van der Waals surface area (Å²) in [6.07, 6.45) is 0. The number of rotatable bonds is 6. The average molecular weight is 350 g/mol. The van der Waals surface area contributed by atoms with Crippen LogP contribution >= 0.6 is 0 Å². The van der Waals surface area contributed by atoms with Gasteiger partial charge in [0.2, 0.25) is 0 Å². The van der Waals surface area contributed by atoms with E-state index < -0.39 is 4.92 Å².